The normalized spacial score (nSPS) is 10.9. The number of hydrogen-bond acceptors (Lipinski definition) is 1. The van der Waals surface area contributed by atoms with Crippen LogP contribution < -0.4 is 0 Å². The van der Waals surface area contributed by atoms with Gasteiger partial charge in [0.1, 0.15) is 5.82 Å². The fourth-order valence-corrected chi connectivity index (χ4v) is 1.78. The van der Waals surface area contributed by atoms with Crippen LogP contribution in [0.3, 0.4) is 0 Å². The summed E-state index contributed by atoms with van der Waals surface area (Å²) in [7, 11) is 0. The summed E-state index contributed by atoms with van der Waals surface area (Å²) in [6.45, 7) is 1.92. The molecule has 0 bridgehead atoms. The molecular formula is C8H6BrClN2. The Bertz CT molecular complexity index is 436. The van der Waals surface area contributed by atoms with E-state index in [0.717, 1.165) is 15.8 Å². The number of fused-ring (bicyclic) bond motifs is 1. The Hall–Kier alpha value is -0.540. The minimum Gasteiger partial charge on any atom is -0.301 e. The quantitative estimate of drug-likeness (QED) is 0.697. The molecule has 2 aromatic heterocycles. The molecule has 4 heteroatoms. The lowest BCUT2D eigenvalue weighted by Gasteiger charge is -1.95. The molecule has 0 aromatic carbocycles. The van der Waals surface area contributed by atoms with Crippen molar-refractivity contribution in [2.45, 2.75) is 6.92 Å². The van der Waals surface area contributed by atoms with Crippen LogP contribution in [0.15, 0.2) is 22.8 Å². The van der Waals surface area contributed by atoms with Gasteiger partial charge in [0.25, 0.3) is 0 Å². The summed E-state index contributed by atoms with van der Waals surface area (Å²) < 4.78 is 2.97. The highest BCUT2D eigenvalue weighted by molar-refractivity contribution is 9.10. The third kappa shape index (κ3) is 1.13. The maximum Gasteiger partial charge on any atom is 0.155 e. The molecule has 0 unspecified atom stereocenters. The van der Waals surface area contributed by atoms with Crippen LogP contribution in [0.25, 0.3) is 5.52 Å². The molecule has 2 heterocycles. The monoisotopic (exact) mass is 244 g/mol. The predicted octanol–water partition coefficient (Wildman–Crippen LogP) is 3.06. The maximum atomic E-state index is 5.88. The van der Waals surface area contributed by atoms with Gasteiger partial charge < -0.3 is 4.40 Å². The lowest BCUT2D eigenvalue weighted by atomic mass is 10.4. The van der Waals surface area contributed by atoms with Gasteiger partial charge in [-0.25, -0.2) is 4.98 Å². The predicted molar refractivity (Wildman–Crippen MR) is 52.6 cm³/mol. The van der Waals surface area contributed by atoms with Crippen molar-refractivity contribution in [1.82, 2.24) is 9.38 Å². The van der Waals surface area contributed by atoms with Gasteiger partial charge in [0.15, 0.2) is 5.15 Å². The Balaban J connectivity index is 2.90. The van der Waals surface area contributed by atoms with Crippen LogP contribution in [-0.2, 0) is 0 Å². The van der Waals surface area contributed by atoms with Gasteiger partial charge in [-0.2, -0.15) is 0 Å². The largest absolute Gasteiger partial charge is 0.301 e. The molecule has 0 amide bonds. The van der Waals surface area contributed by atoms with Crippen molar-refractivity contribution >= 4 is 33.0 Å². The zero-order valence-corrected chi connectivity index (χ0v) is 8.72. The molecule has 0 fully saturated rings. The Morgan fingerprint density at radius 2 is 2.25 bits per heavy atom. The van der Waals surface area contributed by atoms with Crippen LogP contribution in [0, 0.1) is 6.92 Å². The van der Waals surface area contributed by atoms with Gasteiger partial charge in [-0.3, -0.25) is 0 Å². The molecule has 0 spiro atoms. The van der Waals surface area contributed by atoms with E-state index in [1.165, 1.54) is 0 Å². The van der Waals surface area contributed by atoms with Crippen molar-refractivity contribution in [3.8, 4) is 0 Å². The molecule has 2 rings (SSSR count). The van der Waals surface area contributed by atoms with Crippen LogP contribution in [-0.4, -0.2) is 9.38 Å². The van der Waals surface area contributed by atoms with Crippen molar-refractivity contribution in [3.05, 3.63) is 33.8 Å². The van der Waals surface area contributed by atoms with Gasteiger partial charge in [-0.15, -0.1) is 0 Å². The Labute approximate surface area is 83.3 Å². The molecule has 0 aliphatic rings. The number of aromatic nitrogens is 2. The third-order valence-electron chi connectivity index (χ3n) is 1.73. The highest BCUT2D eigenvalue weighted by atomic mass is 79.9. The molecule has 62 valence electrons. The Morgan fingerprint density at radius 1 is 1.50 bits per heavy atom. The van der Waals surface area contributed by atoms with E-state index >= 15 is 0 Å². The first-order chi connectivity index (χ1) is 5.68. The minimum absolute atomic E-state index is 0.556. The zero-order valence-electron chi connectivity index (χ0n) is 6.38. The summed E-state index contributed by atoms with van der Waals surface area (Å²) >= 11 is 9.27. The summed E-state index contributed by atoms with van der Waals surface area (Å²) in [5.74, 6) is 0.899. The van der Waals surface area contributed by atoms with Gasteiger partial charge in [-0.1, -0.05) is 11.6 Å². The van der Waals surface area contributed by atoms with Gasteiger partial charge in [0.2, 0.25) is 0 Å². The second-order valence-electron chi connectivity index (χ2n) is 2.55. The van der Waals surface area contributed by atoms with E-state index in [1.807, 2.05) is 29.7 Å². The summed E-state index contributed by atoms with van der Waals surface area (Å²) in [6.07, 6.45) is 1.95. The van der Waals surface area contributed by atoms with Gasteiger partial charge in [0.05, 0.1) is 5.52 Å². The van der Waals surface area contributed by atoms with Crippen molar-refractivity contribution < 1.29 is 0 Å². The van der Waals surface area contributed by atoms with E-state index in [-0.39, 0.29) is 0 Å². The first-order valence-corrected chi connectivity index (χ1v) is 4.65. The molecule has 0 N–H and O–H groups in total. The van der Waals surface area contributed by atoms with E-state index < -0.39 is 0 Å². The summed E-state index contributed by atoms with van der Waals surface area (Å²) in [4.78, 5) is 4.14. The standard InChI is InChI=1S/C8H6BrClN2/c1-5-11-8(10)7-3-2-6(9)4-12(5)7/h2-4H,1H3. The van der Waals surface area contributed by atoms with Gasteiger partial charge >= 0.3 is 0 Å². The fourth-order valence-electron chi connectivity index (χ4n) is 1.16. The third-order valence-corrected chi connectivity index (χ3v) is 2.48. The molecule has 2 aromatic rings. The average molecular weight is 246 g/mol. The summed E-state index contributed by atoms with van der Waals surface area (Å²) in [5.41, 5.74) is 0.942. The first-order valence-electron chi connectivity index (χ1n) is 3.48. The molecule has 0 aliphatic heterocycles. The smallest absolute Gasteiger partial charge is 0.155 e. The number of hydrogen-bond donors (Lipinski definition) is 0. The first kappa shape index (κ1) is 8.08. The van der Waals surface area contributed by atoms with E-state index in [0.29, 0.717) is 5.15 Å². The minimum atomic E-state index is 0.556. The average Bonchev–Trinajstić information content (AvgIpc) is 2.28. The SMILES string of the molecule is Cc1nc(Cl)c2ccc(Br)cn12. The molecule has 12 heavy (non-hydrogen) atoms. The van der Waals surface area contributed by atoms with Crippen LogP contribution in [0.2, 0.25) is 5.15 Å². The van der Waals surface area contributed by atoms with Crippen molar-refractivity contribution in [1.29, 1.82) is 0 Å². The number of rotatable bonds is 0. The van der Waals surface area contributed by atoms with E-state index in [4.69, 9.17) is 11.6 Å². The second kappa shape index (κ2) is 2.75. The van der Waals surface area contributed by atoms with E-state index in [9.17, 15) is 0 Å². The van der Waals surface area contributed by atoms with Crippen LogP contribution in [0.4, 0.5) is 0 Å². The highest BCUT2D eigenvalue weighted by Gasteiger charge is 2.04. The molecular weight excluding hydrogens is 239 g/mol. The topological polar surface area (TPSA) is 17.3 Å². The lowest BCUT2D eigenvalue weighted by molar-refractivity contribution is 1.04. The summed E-state index contributed by atoms with van der Waals surface area (Å²) in [6, 6.07) is 3.88. The molecule has 0 saturated heterocycles. The van der Waals surface area contributed by atoms with Crippen LogP contribution >= 0.6 is 27.5 Å². The molecule has 0 atom stereocenters. The summed E-state index contributed by atoms with van der Waals surface area (Å²) in [5, 5.41) is 0.556. The Kier molecular flexibility index (Phi) is 1.85. The number of nitrogens with zero attached hydrogens (tertiary/aromatic N) is 2. The van der Waals surface area contributed by atoms with E-state index in [2.05, 4.69) is 20.9 Å². The number of pyridine rings is 1. The number of halogens is 2. The molecule has 0 radical (unpaired) electrons. The second-order valence-corrected chi connectivity index (χ2v) is 3.83. The highest BCUT2D eigenvalue weighted by Crippen LogP contribution is 2.20. The van der Waals surface area contributed by atoms with Gasteiger partial charge in [0, 0.05) is 10.7 Å². The lowest BCUT2D eigenvalue weighted by Crippen LogP contribution is -1.85. The molecule has 0 saturated carbocycles. The number of aryl methyl sites for hydroxylation is 1. The van der Waals surface area contributed by atoms with Crippen molar-refractivity contribution in [2.24, 2.45) is 0 Å². The van der Waals surface area contributed by atoms with Crippen LogP contribution in [0.5, 0.6) is 0 Å². The molecule has 2 nitrogen and oxygen atoms in total. The van der Waals surface area contributed by atoms with Crippen LogP contribution in [0.1, 0.15) is 5.82 Å². The van der Waals surface area contributed by atoms with E-state index in [1.54, 1.807) is 0 Å². The molecule has 0 aliphatic carbocycles. The Morgan fingerprint density at radius 3 is 3.00 bits per heavy atom. The van der Waals surface area contributed by atoms with Crippen molar-refractivity contribution in [2.75, 3.05) is 0 Å². The van der Waals surface area contributed by atoms with Crippen molar-refractivity contribution in [3.63, 3.8) is 0 Å². The zero-order chi connectivity index (χ0) is 8.72. The fraction of sp³-hybridized carbons (Fsp3) is 0.125. The van der Waals surface area contributed by atoms with Gasteiger partial charge in [-0.05, 0) is 35.0 Å². The number of imidazole rings is 1. The maximum absolute atomic E-state index is 5.88.